The van der Waals surface area contributed by atoms with Crippen molar-refractivity contribution in [2.24, 2.45) is 0 Å². The van der Waals surface area contributed by atoms with E-state index in [1.54, 1.807) is 6.07 Å². The highest BCUT2D eigenvalue weighted by molar-refractivity contribution is 6.34. The number of piperidine rings is 1. The molecular formula is C27H27ClN2O. The van der Waals surface area contributed by atoms with E-state index in [0.29, 0.717) is 10.6 Å². The molecule has 0 unspecified atom stereocenters. The molecule has 0 radical (unpaired) electrons. The van der Waals surface area contributed by atoms with Gasteiger partial charge in [-0.3, -0.25) is 4.79 Å². The van der Waals surface area contributed by atoms with Crippen LogP contribution in [-0.2, 0) is 11.8 Å². The van der Waals surface area contributed by atoms with Crippen molar-refractivity contribution in [3.05, 3.63) is 101 Å². The number of halogens is 1. The summed E-state index contributed by atoms with van der Waals surface area (Å²) in [5.41, 5.74) is 4.38. The van der Waals surface area contributed by atoms with Crippen molar-refractivity contribution >= 4 is 23.2 Å². The Morgan fingerprint density at radius 3 is 2.32 bits per heavy atom. The van der Waals surface area contributed by atoms with Gasteiger partial charge in [-0.1, -0.05) is 72.3 Å². The van der Waals surface area contributed by atoms with E-state index in [0.717, 1.165) is 51.1 Å². The second-order valence-corrected chi connectivity index (χ2v) is 9.15. The highest BCUT2D eigenvalue weighted by Gasteiger charge is 2.46. The third-order valence-corrected chi connectivity index (χ3v) is 7.28. The number of carbonyl (C=O) groups excluding carboxylic acids is 1. The number of amides is 1. The first kappa shape index (κ1) is 20.3. The summed E-state index contributed by atoms with van der Waals surface area (Å²) in [5.74, 6) is 0.00133. The van der Waals surface area contributed by atoms with E-state index >= 15 is 0 Å². The standard InChI is InChI=1S/C27H27ClN2O/c28-24-12-6-4-10-22(24)26(31)30-20-27(23-11-5-7-13-25(23)30)15-18-29(19-16-27)17-14-21-8-2-1-3-9-21/h1-13H,14-20H2. The lowest BCUT2D eigenvalue weighted by molar-refractivity contribution is 0.0976. The largest absolute Gasteiger partial charge is 0.307 e. The molecule has 0 atom stereocenters. The Morgan fingerprint density at radius 1 is 0.871 bits per heavy atom. The maximum absolute atomic E-state index is 13.4. The summed E-state index contributed by atoms with van der Waals surface area (Å²) in [4.78, 5) is 17.9. The first-order valence-electron chi connectivity index (χ1n) is 11.1. The van der Waals surface area contributed by atoms with Crippen LogP contribution in [0.3, 0.4) is 0 Å². The number of benzene rings is 3. The van der Waals surface area contributed by atoms with Gasteiger partial charge in [0.25, 0.3) is 5.91 Å². The van der Waals surface area contributed by atoms with E-state index in [-0.39, 0.29) is 11.3 Å². The molecule has 4 heteroatoms. The van der Waals surface area contributed by atoms with Gasteiger partial charge in [0.1, 0.15) is 0 Å². The summed E-state index contributed by atoms with van der Waals surface area (Å²) in [5, 5.41) is 0.515. The minimum atomic E-state index is 0.00133. The van der Waals surface area contributed by atoms with Gasteiger partial charge in [-0.25, -0.2) is 0 Å². The Morgan fingerprint density at radius 2 is 1.55 bits per heavy atom. The predicted octanol–water partition coefficient (Wildman–Crippen LogP) is 5.58. The topological polar surface area (TPSA) is 23.6 Å². The maximum atomic E-state index is 13.4. The van der Waals surface area contributed by atoms with Crippen molar-refractivity contribution in [2.75, 3.05) is 31.1 Å². The van der Waals surface area contributed by atoms with E-state index in [1.807, 2.05) is 29.2 Å². The minimum Gasteiger partial charge on any atom is -0.307 e. The zero-order valence-corrected chi connectivity index (χ0v) is 18.4. The molecule has 0 aliphatic carbocycles. The summed E-state index contributed by atoms with van der Waals surface area (Å²) in [6, 6.07) is 26.5. The quantitative estimate of drug-likeness (QED) is 0.539. The average Bonchev–Trinajstić information content (AvgIpc) is 3.14. The van der Waals surface area contributed by atoms with Gasteiger partial charge in [-0.05, 0) is 61.7 Å². The molecule has 2 aliphatic heterocycles. The van der Waals surface area contributed by atoms with Crippen LogP contribution in [0.4, 0.5) is 5.69 Å². The number of rotatable bonds is 4. The summed E-state index contributed by atoms with van der Waals surface area (Å²) in [6.07, 6.45) is 3.23. The first-order chi connectivity index (χ1) is 15.2. The van der Waals surface area contributed by atoms with Crippen LogP contribution in [-0.4, -0.2) is 37.0 Å². The molecule has 158 valence electrons. The van der Waals surface area contributed by atoms with Gasteiger partial charge in [-0.2, -0.15) is 0 Å². The zero-order chi connectivity index (χ0) is 21.3. The number of para-hydroxylation sites is 1. The number of fused-ring (bicyclic) bond motifs is 2. The number of nitrogens with zero attached hydrogens (tertiary/aromatic N) is 2. The van der Waals surface area contributed by atoms with Crippen LogP contribution in [0.25, 0.3) is 0 Å². The number of hydrogen-bond acceptors (Lipinski definition) is 2. The predicted molar refractivity (Wildman–Crippen MR) is 127 cm³/mol. The summed E-state index contributed by atoms with van der Waals surface area (Å²) >= 11 is 6.35. The van der Waals surface area contributed by atoms with Crippen molar-refractivity contribution in [3.8, 4) is 0 Å². The van der Waals surface area contributed by atoms with E-state index in [1.165, 1.54) is 11.1 Å². The highest BCUT2D eigenvalue weighted by atomic mass is 35.5. The van der Waals surface area contributed by atoms with Gasteiger partial charge in [0, 0.05) is 24.2 Å². The summed E-state index contributed by atoms with van der Waals surface area (Å²) in [6.45, 7) is 3.96. The molecule has 5 rings (SSSR count). The molecule has 2 aliphatic rings. The second kappa shape index (κ2) is 8.49. The van der Waals surface area contributed by atoms with Gasteiger partial charge in [0.2, 0.25) is 0 Å². The van der Waals surface area contributed by atoms with Crippen LogP contribution >= 0.6 is 11.6 Å². The maximum Gasteiger partial charge on any atom is 0.259 e. The van der Waals surface area contributed by atoms with Crippen molar-refractivity contribution in [1.82, 2.24) is 4.90 Å². The van der Waals surface area contributed by atoms with Crippen LogP contribution < -0.4 is 4.90 Å². The van der Waals surface area contributed by atoms with Crippen molar-refractivity contribution in [3.63, 3.8) is 0 Å². The number of hydrogen-bond donors (Lipinski definition) is 0. The van der Waals surface area contributed by atoms with Crippen molar-refractivity contribution < 1.29 is 4.79 Å². The molecule has 1 spiro atoms. The summed E-state index contributed by atoms with van der Waals surface area (Å²) in [7, 11) is 0. The lowest BCUT2D eigenvalue weighted by Crippen LogP contribution is -2.46. The first-order valence-corrected chi connectivity index (χ1v) is 11.5. The Bertz CT molecular complexity index is 1070. The molecule has 0 aromatic heterocycles. The third kappa shape index (κ3) is 3.88. The SMILES string of the molecule is O=C(c1ccccc1Cl)N1CC2(CCN(CCc3ccccc3)CC2)c2ccccc21. The van der Waals surface area contributed by atoms with E-state index in [4.69, 9.17) is 11.6 Å². The zero-order valence-electron chi connectivity index (χ0n) is 17.6. The molecule has 3 nitrogen and oxygen atoms in total. The Kier molecular flexibility index (Phi) is 5.56. The molecule has 1 amide bonds. The van der Waals surface area contributed by atoms with Gasteiger partial charge in [0.15, 0.2) is 0 Å². The van der Waals surface area contributed by atoms with Gasteiger partial charge in [-0.15, -0.1) is 0 Å². The van der Waals surface area contributed by atoms with Crippen LogP contribution in [0.5, 0.6) is 0 Å². The van der Waals surface area contributed by atoms with Gasteiger partial charge >= 0.3 is 0 Å². The molecule has 3 aromatic rings. The van der Waals surface area contributed by atoms with E-state index in [9.17, 15) is 4.79 Å². The fraction of sp³-hybridized carbons (Fsp3) is 0.296. The number of anilines is 1. The second-order valence-electron chi connectivity index (χ2n) is 8.75. The number of carbonyl (C=O) groups is 1. The molecule has 3 aromatic carbocycles. The Hall–Kier alpha value is -2.62. The molecule has 1 saturated heterocycles. The van der Waals surface area contributed by atoms with E-state index in [2.05, 4.69) is 53.4 Å². The van der Waals surface area contributed by atoms with Gasteiger partial charge in [0.05, 0.1) is 10.6 Å². The van der Waals surface area contributed by atoms with Crippen LogP contribution in [0.15, 0.2) is 78.9 Å². The molecule has 0 saturated carbocycles. The fourth-order valence-electron chi connectivity index (χ4n) is 5.16. The van der Waals surface area contributed by atoms with Crippen molar-refractivity contribution in [2.45, 2.75) is 24.7 Å². The molecule has 2 heterocycles. The Balaban J connectivity index is 1.33. The number of likely N-dealkylation sites (tertiary alicyclic amines) is 1. The van der Waals surface area contributed by atoms with Crippen LogP contribution in [0.2, 0.25) is 5.02 Å². The fourth-order valence-corrected chi connectivity index (χ4v) is 5.37. The normalized spacial score (nSPS) is 17.6. The molecule has 31 heavy (non-hydrogen) atoms. The molecule has 0 N–H and O–H groups in total. The lowest BCUT2D eigenvalue weighted by atomic mass is 9.74. The lowest BCUT2D eigenvalue weighted by Gasteiger charge is -2.40. The Labute approximate surface area is 189 Å². The van der Waals surface area contributed by atoms with Gasteiger partial charge < -0.3 is 9.80 Å². The van der Waals surface area contributed by atoms with Crippen LogP contribution in [0.1, 0.15) is 34.3 Å². The molecule has 1 fully saturated rings. The smallest absolute Gasteiger partial charge is 0.259 e. The van der Waals surface area contributed by atoms with E-state index < -0.39 is 0 Å². The minimum absolute atomic E-state index is 0.00133. The monoisotopic (exact) mass is 430 g/mol. The highest BCUT2D eigenvalue weighted by Crippen LogP contribution is 2.47. The summed E-state index contributed by atoms with van der Waals surface area (Å²) < 4.78 is 0. The van der Waals surface area contributed by atoms with Crippen LogP contribution in [0, 0.1) is 0 Å². The molecular weight excluding hydrogens is 404 g/mol. The third-order valence-electron chi connectivity index (χ3n) is 6.95. The average molecular weight is 431 g/mol. The molecule has 0 bridgehead atoms. The van der Waals surface area contributed by atoms with Crippen molar-refractivity contribution in [1.29, 1.82) is 0 Å².